The standard InChI is InChI=1S/C12H11FN2O3/c13-7-3-1-4-8(16)10(7)12-14-11(15-18-12)9-5-2-6-17-9/h1,3-4,9,16H,2,5-6H2. The molecule has 1 aliphatic rings. The molecule has 1 unspecified atom stereocenters. The van der Waals surface area contributed by atoms with Gasteiger partial charge in [-0.25, -0.2) is 4.39 Å². The number of aromatic hydroxyl groups is 1. The van der Waals surface area contributed by atoms with Crippen molar-refractivity contribution in [1.29, 1.82) is 0 Å². The number of nitrogens with zero attached hydrogens (tertiary/aromatic N) is 2. The smallest absolute Gasteiger partial charge is 0.264 e. The van der Waals surface area contributed by atoms with Crippen LogP contribution in [-0.2, 0) is 4.74 Å². The van der Waals surface area contributed by atoms with Crippen molar-refractivity contribution < 1.29 is 18.8 Å². The highest BCUT2D eigenvalue weighted by molar-refractivity contribution is 5.62. The van der Waals surface area contributed by atoms with Gasteiger partial charge in [-0.15, -0.1) is 0 Å². The summed E-state index contributed by atoms with van der Waals surface area (Å²) >= 11 is 0. The van der Waals surface area contributed by atoms with Gasteiger partial charge in [0.25, 0.3) is 5.89 Å². The van der Waals surface area contributed by atoms with Gasteiger partial charge in [0.05, 0.1) is 0 Å². The molecule has 18 heavy (non-hydrogen) atoms. The Morgan fingerprint density at radius 1 is 1.39 bits per heavy atom. The zero-order valence-electron chi connectivity index (χ0n) is 9.47. The lowest BCUT2D eigenvalue weighted by Crippen LogP contribution is -1.98. The molecule has 5 nitrogen and oxygen atoms in total. The second-order valence-corrected chi connectivity index (χ2v) is 4.09. The lowest BCUT2D eigenvalue weighted by Gasteiger charge is -2.01. The van der Waals surface area contributed by atoms with Crippen molar-refractivity contribution >= 4 is 0 Å². The minimum absolute atomic E-state index is 0.0314. The van der Waals surface area contributed by atoms with E-state index in [4.69, 9.17) is 9.26 Å². The van der Waals surface area contributed by atoms with Crippen molar-refractivity contribution in [1.82, 2.24) is 10.1 Å². The van der Waals surface area contributed by atoms with Crippen LogP contribution in [0.4, 0.5) is 4.39 Å². The largest absolute Gasteiger partial charge is 0.507 e. The summed E-state index contributed by atoms with van der Waals surface area (Å²) in [6.07, 6.45) is 1.57. The minimum Gasteiger partial charge on any atom is -0.507 e. The Labute approximate surface area is 102 Å². The molecular formula is C12H11FN2O3. The highest BCUT2D eigenvalue weighted by Gasteiger charge is 2.25. The van der Waals surface area contributed by atoms with Crippen LogP contribution < -0.4 is 0 Å². The SMILES string of the molecule is Oc1cccc(F)c1-c1nc(C2CCCO2)no1. The Hall–Kier alpha value is -1.95. The van der Waals surface area contributed by atoms with Crippen LogP contribution in [0.25, 0.3) is 11.5 Å². The van der Waals surface area contributed by atoms with Crippen LogP contribution in [0.1, 0.15) is 24.8 Å². The average Bonchev–Trinajstić information content (AvgIpc) is 2.99. The molecule has 1 aliphatic heterocycles. The first-order valence-electron chi connectivity index (χ1n) is 5.69. The molecular weight excluding hydrogens is 239 g/mol. The summed E-state index contributed by atoms with van der Waals surface area (Å²) < 4.78 is 24.0. The Balaban J connectivity index is 1.97. The molecule has 0 aliphatic carbocycles. The summed E-state index contributed by atoms with van der Waals surface area (Å²) in [5, 5.41) is 13.4. The first-order chi connectivity index (χ1) is 8.75. The Kier molecular flexibility index (Phi) is 2.71. The van der Waals surface area contributed by atoms with E-state index in [1.807, 2.05) is 0 Å². The van der Waals surface area contributed by atoms with E-state index in [0.29, 0.717) is 12.4 Å². The van der Waals surface area contributed by atoms with Crippen molar-refractivity contribution in [3.05, 3.63) is 29.8 Å². The molecule has 0 saturated carbocycles. The molecule has 0 radical (unpaired) electrons. The third-order valence-corrected chi connectivity index (χ3v) is 2.86. The van der Waals surface area contributed by atoms with Crippen LogP contribution in [0.15, 0.2) is 22.7 Å². The molecule has 3 rings (SSSR count). The van der Waals surface area contributed by atoms with Crippen LogP contribution in [0.5, 0.6) is 5.75 Å². The highest BCUT2D eigenvalue weighted by Crippen LogP contribution is 2.33. The van der Waals surface area contributed by atoms with Crippen molar-refractivity contribution in [2.24, 2.45) is 0 Å². The van der Waals surface area contributed by atoms with E-state index in [2.05, 4.69) is 10.1 Å². The van der Waals surface area contributed by atoms with E-state index < -0.39 is 5.82 Å². The molecule has 0 amide bonds. The molecule has 1 N–H and O–H groups in total. The molecule has 0 spiro atoms. The second kappa shape index (κ2) is 4.38. The number of benzene rings is 1. The molecule has 0 bridgehead atoms. The van der Waals surface area contributed by atoms with Gasteiger partial charge in [0.15, 0.2) is 0 Å². The van der Waals surface area contributed by atoms with Crippen LogP contribution in [0.3, 0.4) is 0 Å². The quantitative estimate of drug-likeness (QED) is 0.886. The third-order valence-electron chi connectivity index (χ3n) is 2.86. The lowest BCUT2D eigenvalue weighted by molar-refractivity contribution is 0.103. The number of ether oxygens (including phenoxy) is 1. The van der Waals surface area contributed by atoms with E-state index in [-0.39, 0.29) is 23.3 Å². The van der Waals surface area contributed by atoms with Gasteiger partial charge < -0.3 is 14.4 Å². The van der Waals surface area contributed by atoms with Crippen molar-refractivity contribution in [2.45, 2.75) is 18.9 Å². The van der Waals surface area contributed by atoms with Crippen LogP contribution >= 0.6 is 0 Å². The summed E-state index contributed by atoms with van der Waals surface area (Å²) in [5.74, 6) is -0.462. The third kappa shape index (κ3) is 1.84. The number of rotatable bonds is 2. The molecule has 1 saturated heterocycles. The first-order valence-corrected chi connectivity index (χ1v) is 5.69. The van der Waals surface area contributed by atoms with Crippen LogP contribution in [0, 0.1) is 5.82 Å². The van der Waals surface area contributed by atoms with Gasteiger partial charge in [0, 0.05) is 6.61 Å². The van der Waals surface area contributed by atoms with Gasteiger partial charge in [-0.3, -0.25) is 0 Å². The van der Waals surface area contributed by atoms with Crippen molar-refractivity contribution in [2.75, 3.05) is 6.61 Å². The lowest BCUT2D eigenvalue weighted by atomic mass is 10.2. The first kappa shape index (κ1) is 11.2. The summed E-state index contributed by atoms with van der Waals surface area (Å²) in [6, 6.07) is 4.00. The van der Waals surface area contributed by atoms with Gasteiger partial charge in [0.2, 0.25) is 5.82 Å². The van der Waals surface area contributed by atoms with Crippen LogP contribution in [0.2, 0.25) is 0 Å². The predicted octanol–water partition coefficient (Wildman–Crippen LogP) is 2.43. The number of halogens is 1. The van der Waals surface area contributed by atoms with Gasteiger partial charge in [-0.05, 0) is 25.0 Å². The number of hydrogen-bond donors (Lipinski definition) is 1. The van der Waals surface area contributed by atoms with Crippen molar-refractivity contribution in [3.63, 3.8) is 0 Å². The molecule has 1 fully saturated rings. The number of aromatic nitrogens is 2. The molecule has 2 aromatic rings. The summed E-state index contributed by atoms with van der Waals surface area (Å²) in [5.41, 5.74) is -0.0748. The summed E-state index contributed by atoms with van der Waals surface area (Å²) in [4.78, 5) is 4.08. The zero-order valence-corrected chi connectivity index (χ0v) is 9.47. The molecule has 1 aromatic heterocycles. The summed E-state index contributed by atoms with van der Waals surface area (Å²) in [7, 11) is 0. The highest BCUT2D eigenvalue weighted by atomic mass is 19.1. The summed E-state index contributed by atoms with van der Waals surface area (Å²) in [6.45, 7) is 0.666. The molecule has 94 valence electrons. The number of phenolic OH excluding ortho intramolecular Hbond substituents is 1. The van der Waals surface area contributed by atoms with E-state index in [9.17, 15) is 9.50 Å². The normalized spacial score (nSPS) is 19.3. The fourth-order valence-electron chi connectivity index (χ4n) is 1.97. The maximum absolute atomic E-state index is 13.6. The van der Waals surface area contributed by atoms with E-state index in [0.717, 1.165) is 12.8 Å². The number of hydrogen-bond acceptors (Lipinski definition) is 5. The average molecular weight is 250 g/mol. The zero-order chi connectivity index (χ0) is 12.5. The molecule has 1 atom stereocenters. The van der Waals surface area contributed by atoms with Gasteiger partial charge in [-0.1, -0.05) is 11.2 Å². The fraction of sp³-hybridized carbons (Fsp3) is 0.333. The second-order valence-electron chi connectivity index (χ2n) is 4.09. The van der Waals surface area contributed by atoms with Crippen LogP contribution in [-0.4, -0.2) is 21.9 Å². The Bertz CT molecular complexity index is 544. The molecule has 6 heteroatoms. The Morgan fingerprint density at radius 3 is 3.00 bits per heavy atom. The maximum Gasteiger partial charge on any atom is 0.264 e. The monoisotopic (exact) mass is 250 g/mol. The fourth-order valence-corrected chi connectivity index (χ4v) is 1.97. The van der Waals surface area contributed by atoms with E-state index in [1.165, 1.54) is 18.2 Å². The maximum atomic E-state index is 13.6. The molecule has 2 heterocycles. The topological polar surface area (TPSA) is 68.4 Å². The van der Waals surface area contributed by atoms with Gasteiger partial charge >= 0.3 is 0 Å². The van der Waals surface area contributed by atoms with Crippen molar-refractivity contribution in [3.8, 4) is 17.2 Å². The van der Waals surface area contributed by atoms with Gasteiger partial charge in [-0.2, -0.15) is 4.98 Å². The predicted molar refractivity (Wildman–Crippen MR) is 59.3 cm³/mol. The Morgan fingerprint density at radius 2 is 2.28 bits per heavy atom. The molecule has 1 aromatic carbocycles. The number of phenols is 1. The van der Waals surface area contributed by atoms with Gasteiger partial charge in [0.1, 0.15) is 23.2 Å². The minimum atomic E-state index is -0.599. The van der Waals surface area contributed by atoms with E-state index >= 15 is 0 Å². The van der Waals surface area contributed by atoms with E-state index in [1.54, 1.807) is 0 Å².